The van der Waals surface area contributed by atoms with Crippen LogP contribution in [-0.2, 0) is 11.0 Å². The van der Waals surface area contributed by atoms with Crippen LogP contribution >= 0.6 is 11.6 Å². The van der Waals surface area contributed by atoms with Crippen molar-refractivity contribution in [3.63, 3.8) is 0 Å². The third-order valence-electron chi connectivity index (χ3n) is 3.67. The van der Waals surface area contributed by atoms with Crippen molar-refractivity contribution >= 4 is 34.6 Å². The van der Waals surface area contributed by atoms with Crippen molar-refractivity contribution < 1.29 is 18.0 Å². The molecule has 1 saturated carbocycles. The lowest BCUT2D eigenvalue weighted by molar-refractivity contribution is -0.136. The second kappa shape index (κ2) is 6.36. The van der Waals surface area contributed by atoms with E-state index in [0.717, 1.165) is 18.9 Å². The first-order valence-corrected chi connectivity index (χ1v) is 7.75. The zero-order valence-electron chi connectivity index (χ0n) is 12.5. The summed E-state index contributed by atoms with van der Waals surface area (Å²) in [5.74, 6) is 0.0685. The predicted molar refractivity (Wildman–Crippen MR) is 87.5 cm³/mol. The van der Waals surface area contributed by atoms with Crippen molar-refractivity contribution in [1.82, 2.24) is 0 Å². The average molecular weight is 355 g/mol. The Kier molecular flexibility index (Phi) is 4.41. The molecule has 24 heavy (non-hydrogen) atoms. The number of halogens is 4. The highest BCUT2D eigenvalue weighted by Crippen LogP contribution is 2.37. The average Bonchev–Trinajstić information content (AvgIpc) is 3.35. The number of carbonyl (C=O) groups excluding carboxylic acids is 1. The molecular weight excluding hydrogens is 341 g/mol. The van der Waals surface area contributed by atoms with Gasteiger partial charge in [-0.05, 0) is 55.3 Å². The fourth-order valence-electron chi connectivity index (χ4n) is 2.24. The Hall–Kier alpha value is -2.21. The minimum Gasteiger partial charge on any atom is -0.355 e. The van der Waals surface area contributed by atoms with Crippen molar-refractivity contribution in [3.8, 4) is 0 Å². The molecule has 0 atom stereocenters. The molecule has 1 aliphatic carbocycles. The lowest BCUT2D eigenvalue weighted by Crippen LogP contribution is -2.13. The zero-order chi connectivity index (χ0) is 17.3. The van der Waals surface area contributed by atoms with Gasteiger partial charge >= 0.3 is 6.18 Å². The predicted octanol–water partition coefficient (Wildman–Crippen LogP) is 5.45. The lowest BCUT2D eigenvalue weighted by Gasteiger charge is -2.15. The Morgan fingerprint density at radius 3 is 2.25 bits per heavy atom. The van der Waals surface area contributed by atoms with Gasteiger partial charge in [-0.3, -0.25) is 4.79 Å². The molecule has 0 aliphatic heterocycles. The molecule has 126 valence electrons. The molecule has 3 rings (SSSR count). The summed E-state index contributed by atoms with van der Waals surface area (Å²) >= 11 is 5.66. The molecule has 0 radical (unpaired) electrons. The maximum absolute atomic E-state index is 13.1. The molecule has 0 aromatic heterocycles. The molecule has 0 spiro atoms. The first-order valence-electron chi connectivity index (χ1n) is 7.37. The van der Waals surface area contributed by atoms with Gasteiger partial charge in [0.25, 0.3) is 0 Å². The number of amides is 1. The Labute approximate surface area is 141 Å². The monoisotopic (exact) mass is 354 g/mol. The quantitative estimate of drug-likeness (QED) is 0.766. The van der Waals surface area contributed by atoms with Crippen LogP contribution in [0.25, 0.3) is 0 Å². The highest BCUT2D eigenvalue weighted by molar-refractivity contribution is 6.30. The van der Waals surface area contributed by atoms with Crippen LogP contribution in [-0.4, -0.2) is 5.91 Å². The maximum Gasteiger partial charge on any atom is 0.418 e. The van der Waals surface area contributed by atoms with Crippen LogP contribution < -0.4 is 10.6 Å². The molecule has 0 unspecified atom stereocenters. The van der Waals surface area contributed by atoms with E-state index in [2.05, 4.69) is 10.6 Å². The summed E-state index contributed by atoms with van der Waals surface area (Å²) in [7, 11) is 0. The van der Waals surface area contributed by atoms with Crippen LogP contribution in [0.4, 0.5) is 30.2 Å². The minimum absolute atomic E-state index is 0.0195. The topological polar surface area (TPSA) is 41.1 Å². The van der Waals surface area contributed by atoms with E-state index < -0.39 is 11.7 Å². The highest BCUT2D eigenvalue weighted by atomic mass is 35.5. The summed E-state index contributed by atoms with van der Waals surface area (Å²) in [5, 5.41) is 5.52. The number of nitrogens with one attached hydrogen (secondary N) is 2. The number of rotatable bonds is 4. The molecule has 1 aliphatic rings. The Morgan fingerprint density at radius 2 is 1.67 bits per heavy atom. The first-order chi connectivity index (χ1) is 11.3. The fourth-order valence-corrected chi connectivity index (χ4v) is 2.41. The number of hydrogen-bond donors (Lipinski definition) is 2. The van der Waals surface area contributed by atoms with Gasteiger partial charge in [0, 0.05) is 22.3 Å². The van der Waals surface area contributed by atoms with E-state index in [0.29, 0.717) is 11.4 Å². The van der Waals surface area contributed by atoms with Crippen molar-refractivity contribution in [1.29, 1.82) is 0 Å². The molecule has 3 nitrogen and oxygen atoms in total. The van der Waals surface area contributed by atoms with Crippen molar-refractivity contribution in [2.24, 2.45) is 5.92 Å². The van der Waals surface area contributed by atoms with Gasteiger partial charge in [0.2, 0.25) is 5.91 Å². The van der Waals surface area contributed by atoms with Gasteiger partial charge in [0.15, 0.2) is 0 Å². The summed E-state index contributed by atoms with van der Waals surface area (Å²) in [5.41, 5.74) is 0.180. The van der Waals surface area contributed by atoms with E-state index in [1.807, 2.05) is 0 Å². The summed E-state index contributed by atoms with van der Waals surface area (Å²) in [6.07, 6.45) is -2.70. The lowest BCUT2D eigenvalue weighted by atomic mass is 10.1. The van der Waals surface area contributed by atoms with Crippen LogP contribution in [0.1, 0.15) is 18.4 Å². The zero-order valence-corrected chi connectivity index (χ0v) is 13.2. The Morgan fingerprint density at radius 1 is 1.04 bits per heavy atom. The minimum atomic E-state index is -4.51. The molecule has 0 saturated heterocycles. The first kappa shape index (κ1) is 16.6. The summed E-state index contributed by atoms with van der Waals surface area (Å²) < 4.78 is 39.2. The van der Waals surface area contributed by atoms with Gasteiger partial charge in [0.05, 0.1) is 11.3 Å². The molecule has 0 heterocycles. The summed E-state index contributed by atoms with van der Waals surface area (Å²) in [4.78, 5) is 11.7. The normalized spacial score (nSPS) is 14.3. The van der Waals surface area contributed by atoms with Crippen LogP contribution in [0.3, 0.4) is 0 Å². The van der Waals surface area contributed by atoms with Gasteiger partial charge in [-0.2, -0.15) is 13.2 Å². The van der Waals surface area contributed by atoms with E-state index in [-0.39, 0.29) is 22.5 Å². The second-order valence-corrected chi connectivity index (χ2v) is 6.09. The van der Waals surface area contributed by atoms with Gasteiger partial charge in [-0.1, -0.05) is 11.6 Å². The highest BCUT2D eigenvalue weighted by Gasteiger charge is 2.34. The van der Waals surface area contributed by atoms with E-state index in [1.165, 1.54) is 12.1 Å². The molecule has 1 fully saturated rings. The summed E-state index contributed by atoms with van der Waals surface area (Å²) in [6, 6.07) is 10.1. The van der Waals surface area contributed by atoms with E-state index in [1.54, 1.807) is 24.3 Å². The SMILES string of the molecule is O=C(Nc1ccc(Nc2ccc(Cl)cc2C(F)(F)F)cc1)C1CC1. The smallest absolute Gasteiger partial charge is 0.355 e. The molecule has 0 bridgehead atoms. The third-order valence-corrected chi connectivity index (χ3v) is 3.90. The fraction of sp³-hybridized carbons (Fsp3) is 0.235. The number of anilines is 3. The number of alkyl halides is 3. The Bertz CT molecular complexity index is 755. The number of benzene rings is 2. The molecule has 7 heteroatoms. The van der Waals surface area contributed by atoms with Gasteiger partial charge < -0.3 is 10.6 Å². The second-order valence-electron chi connectivity index (χ2n) is 5.65. The number of hydrogen-bond acceptors (Lipinski definition) is 2. The van der Waals surface area contributed by atoms with E-state index >= 15 is 0 Å². The third kappa shape index (κ3) is 4.00. The largest absolute Gasteiger partial charge is 0.418 e. The maximum atomic E-state index is 13.1. The van der Waals surface area contributed by atoms with Crippen molar-refractivity contribution in [2.45, 2.75) is 19.0 Å². The molecule has 2 aromatic carbocycles. The number of carbonyl (C=O) groups is 1. The van der Waals surface area contributed by atoms with Crippen LogP contribution in [0.15, 0.2) is 42.5 Å². The van der Waals surface area contributed by atoms with Crippen LogP contribution in [0.2, 0.25) is 5.02 Å². The van der Waals surface area contributed by atoms with Gasteiger partial charge in [-0.15, -0.1) is 0 Å². The van der Waals surface area contributed by atoms with E-state index in [4.69, 9.17) is 11.6 Å². The van der Waals surface area contributed by atoms with Gasteiger partial charge in [0.1, 0.15) is 0 Å². The standard InChI is InChI=1S/C17H14ClF3N2O/c18-11-3-8-15(14(9-11)17(19,20)21)22-12-4-6-13(7-5-12)23-16(24)10-1-2-10/h3-10,22H,1-2H2,(H,23,24). The molecule has 2 aromatic rings. The van der Waals surface area contributed by atoms with E-state index in [9.17, 15) is 18.0 Å². The molecule has 1 amide bonds. The summed E-state index contributed by atoms with van der Waals surface area (Å²) in [6.45, 7) is 0. The Balaban J connectivity index is 1.75. The van der Waals surface area contributed by atoms with Crippen LogP contribution in [0.5, 0.6) is 0 Å². The van der Waals surface area contributed by atoms with Crippen molar-refractivity contribution in [2.75, 3.05) is 10.6 Å². The molecule has 2 N–H and O–H groups in total. The van der Waals surface area contributed by atoms with Crippen molar-refractivity contribution in [3.05, 3.63) is 53.1 Å². The van der Waals surface area contributed by atoms with Gasteiger partial charge in [-0.25, -0.2) is 0 Å². The molecular formula is C17H14ClF3N2O. The van der Waals surface area contributed by atoms with Crippen LogP contribution in [0, 0.1) is 5.92 Å².